The molecule has 2 aliphatic rings. The summed E-state index contributed by atoms with van der Waals surface area (Å²) in [5.41, 5.74) is 0.902. The molecule has 2 aromatic heterocycles. The number of anilines is 1. The quantitative estimate of drug-likeness (QED) is 0.436. The van der Waals surface area contributed by atoms with Crippen molar-refractivity contribution in [2.45, 2.75) is 46.6 Å². The van der Waals surface area contributed by atoms with Gasteiger partial charge in [0.15, 0.2) is 0 Å². The van der Waals surface area contributed by atoms with Gasteiger partial charge in [-0.15, -0.1) is 11.3 Å². The average Bonchev–Trinajstić information content (AvgIpc) is 3.15. The summed E-state index contributed by atoms with van der Waals surface area (Å²) in [6.07, 6.45) is 3.66. The molecule has 0 saturated carbocycles. The van der Waals surface area contributed by atoms with E-state index in [9.17, 15) is 4.79 Å². The molecule has 9 heteroatoms. The van der Waals surface area contributed by atoms with Gasteiger partial charge in [-0.3, -0.25) is 4.90 Å². The molecular formula is C24H37N5O3S. The lowest BCUT2D eigenvalue weighted by Gasteiger charge is -2.30. The van der Waals surface area contributed by atoms with Gasteiger partial charge in [-0.1, -0.05) is 6.92 Å². The molecule has 1 N–H and O–H groups in total. The van der Waals surface area contributed by atoms with E-state index in [0.717, 1.165) is 79.2 Å². The van der Waals surface area contributed by atoms with Crippen molar-refractivity contribution in [2.24, 2.45) is 5.92 Å². The molecule has 182 valence electrons. The standard InChI is InChI=1S/C24H37N5O3S/c1-4-32-24(30)21-18(3)20-22(25-8-5-9-28-10-6-17(2)7-11-28)26-19(27-23(20)33-21)16-29-12-14-31-15-13-29/h17H,4-16H2,1-3H3,(H,25,26,27). The fourth-order valence-electron chi connectivity index (χ4n) is 4.53. The SMILES string of the molecule is CCOC(=O)c1sc2nc(CN3CCOCC3)nc(NCCCN3CCC(C)CC3)c2c1C. The van der Waals surface area contributed by atoms with Crippen LogP contribution < -0.4 is 5.32 Å². The zero-order valence-electron chi connectivity index (χ0n) is 20.2. The van der Waals surface area contributed by atoms with Crippen molar-refractivity contribution >= 4 is 33.3 Å². The molecule has 0 spiro atoms. The summed E-state index contributed by atoms with van der Waals surface area (Å²) in [7, 11) is 0. The highest BCUT2D eigenvalue weighted by Gasteiger charge is 2.22. The molecule has 4 rings (SSSR count). The van der Waals surface area contributed by atoms with Gasteiger partial charge in [0.1, 0.15) is 21.3 Å². The van der Waals surface area contributed by atoms with Crippen LogP contribution in [0.1, 0.15) is 54.2 Å². The fourth-order valence-corrected chi connectivity index (χ4v) is 5.62. The number of likely N-dealkylation sites (tertiary alicyclic amines) is 1. The first-order chi connectivity index (χ1) is 16.0. The number of carbonyl (C=O) groups is 1. The van der Waals surface area contributed by atoms with Crippen molar-refractivity contribution < 1.29 is 14.3 Å². The van der Waals surface area contributed by atoms with Crippen LogP contribution >= 0.6 is 11.3 Å². The molecule has 2 aliphatic heterocycles. The van der Waals surface area contributed by atoms with Crippen molar-refractivity contribution in [2.75, 3.05) is 64.4 Å². The maximum Gasteiger partial charge on any atom is 0.348 e. The number of rotatable bonds is 9. The van der Waals surface area contributed by atoms with E-state index in [1.165, 1.54) is 37.3 Å². The third-order valence-corrected chi connectivity index (χ3v) is 7.75. The van der Waals surface area contributed by atoms with Crippen LogP contribution in [0.4, 0.5) is 5.82 Å². The number of hydrogen-bond donors (Lipinski definition) is 1. The molecular weight excluding hydrogens is 438 g/mol. The second-order valence-electron chi connectivity index (χ2n) is 9.14. The molecule has 0 aliphatic carbocycles. The molecule has 2 fully saturated rings. The van der Waals surface area contributed by atoms with E-state index in [1.807, 2.05) is 13.8 Å². The number of carbonyl (C=O) groups excluding carboxylic acids is 1. The van der Waals surface area contributed by atoms with E-state index < -0.39 is 0 Å². The van der Waals surface area contributed by atoms with E-state index in [0.29, 0.717) is 18.0 Å². The number of nitrogens with zero attached hydrogens (tertiary/aromatic N) is 4. The van der Waals surface area contributed by atoms with Crippen LogP contribution in [0.5, 0.6) is 0 Å². The summed E-state index contributed by atoms with van der Waals surface area (Å²) in [5.74, 6) is 2.19. The third kappa shape index (κ3) is 6.20. The number of morpholine rings is 1. The van der Waals surface area contributed by atoms with Crippen molar-refractivity contribution in [3.8, 4) is 0 Å². The Balaban J connectivity index is 1.50. The van der Waals surface area contributed by atoms with Gasteiger partial charge in [-0.05, 0) is 64.2 Å². The Labute approximate surface area is 200 Å². The summed E-state index contributed by atoms with van der Waals surface area (Å²) >= 11 is 1.41. The van der Waals surface area contributed by atoms with Crippen LogP contribution in [0, 0.1) is 12.8 Å². The second-order valence-corrected chi connectivity index (χ2v) is 10.1. The fraction of sp³-hybridized carbons (Fsp3) is 0.708. The molecule has 33 heavy (non-hydrogen) atoms. The monoisotopic (exact) mass is 475 g/mol. The largest absolute Gasteiger partial charge is 0.462 e. The van der Waals surface area contributed by atoms with E-state index >= 15 is 0 Å². The summed E-state index contributed by atoms with van der Waals surface area (Å²) in [6, 6.07) is 0. The molecule has 4 heterocycles. The lowest BCUT2D eigenvalue weighted by Crippen LogP contribution is -2.36. The van der Waals surface area contributed by atoms with Crippen LogP contribution in [-0.4, -0.2) is 84.8 Å². The normalized spacial score (nSPS) is 18.6. The molecule has 0 atom stereocenters. The Morgan fingerprint density at radius 3 is 2.67 bits per heavy atom. The van der Waals surface area contributed by atoms with Crippen molar-refractivity contribution in [3.05, 3.63) is 16.3 Å². The van der Waals surface area contributed by atoms with Crippen molar-refractivity contribution in [3.63, 3.8) is 0 Å². The van der Waals surface area contributed by atoms with Gasteiger partial charge in [-0.25, -0.2) is 14.8 Å². The number of ether oxygens (including phenoxy) is 2. The van der Waals surface area contributed by atoms with Crippen molar-refractivity contribution in [1.82, 2.24) is 19.8 Å². The Hall–Kier alpha value is -1.81. The van der Waals surface area contributed by atoms with Crippen LogP contribution in [0.25, 0.3) is 10.2 Å². The number of aromatic nitrogens is 2. The molecule has 0 aromatic carbocycles. The van der Waals surface area contributed by atoms with Gasteiger partial charge in [-0.2, -0.15) is 0 Å². The van der Waals surface area contributed by atoms with Gasteiger partial charge < -0.3 is 19.7 Å². The van der Waals surface area contributed by atoms with E-state index in [-0.39, 0.29) is 5.97 Å². The number of piperidine rings is 1. The maximum atomic E-state index is 12.5. The zero-order chi connectivity index (χ0) is 23.2. The number of nitrogens with one attached hydrogen (secondary N) is 1. The Morgan fingerprint density at radius 1 is 1.18 bits per heavy atom. The minimum Gasteiger partial charge on any atom is -0.462 e. The van der Waals surface area contributed by atoms with Gasteiger partial charge in [0.05, 0.1) is 31.8 Å². The minimum atomic E-state index is -0.280. The molecule has 0 unspecified atom stereocenters. The topological polar surface area (TPSA) is 79.8 Å². The third-order valence-electron chi connectivity index (χ3n) is 6.59. The number of aryl methyl sites for hydroxylation is 1. The Morgan fingerprint density at radius 2 is 1.94 bits per heavy atom. The maximum absolute atomic E-state index is 12.5. The lowest BCUT2D eigenvalue weighted by atomic mass is 9.99. The minimum absolute atomic E-state index is 0.280. The number of fused-ring (bicyclic) bond motifs is 1. The molecule has 0 amide bonds. The van der Waals surface area contributed by atoms with E-state index in [1.54, 1.807) is 0 Å². The Kier molecular flexibility index (Phi) is 8.51. The smallest absolute Gasteiger partial charge is 0.348 e. The molecule has 0 bridgehead atoms. The van der Waals surface area contributed by atoms with Gasteiger partial charge >= 0.3 is 5.97 Å². The van der Waals surface area contributed by atoms with Crippen molar-refractivity contribution in [1.29, 1.82) is 0 Å². The number of esters is 1. The van der Waals surface area contributed by atoms with Crippen LogP contribution in [-0.2, 0) is 16.0 Å². The first-order valence-corrected chi connectivity index (χ1v) is 13.1. The summed E-state index contributed by atoms with van der Waals surface area (Å²) in [4.78, 5) is 28.6. The lowest BCUT2D eigenvalue weighted by molar-refractivity contribution is 0.0331. The highest BCUT2D eigenvalue weighted by Crippen LogP contribution is 2.34. The number of thiophene rings is 1. The summed E-state index contributed by atoms with van der Waals surface area (Å²) in [5, 5.41) is 4.52. The highest BCUT2D eigenvalue weighted by molar-refractivity contribution is 7.20. The van der Waals surface area contributed by atoms with E-state index in [2.05, 4.69) is 22.0 Å². The molecule has 2 aromatic rings. The van der Waals surface area contributed by atoms with Crippen LogP contribution in [0.15, 0.2) is 0 Å². The van der Waals surface area contributed by atoms with Gasteiger partial charge in [0, 0.05) is 19.6 Å². The Bertz CT molecular complexity index is 936. The van der Waals surface area contributed by atoms with E-state index in [4.69, 9.17) is 19.4 Å². The zero-order valence-corrected chi connectivity index (χ0v) is 21.0. The summed E-state index contributed by atoms with van der Waals surface area (Å²) < 4.78 is 10.8. The molecule has 0 radical (unpaired) electrons. The summed E-state index contributed by atoms with van der Waals surface area (Å²) in [6.45, 7) is 14.8. The second kappa shape index (κ2) is 11.6. The van der Waals surface area contributed by atoms with Crippen LogP contribution in [0.2, 0.25) is 0 Å². The highest BCUT2D eigenvalue weighted by atomic mass is 32.1. The molecule has 2 saturated heterocycles. The average molecular weight is 476 g/mol. The van der Waals surface area contributed by atoms with Gasteiger partial charge in [0.2, 0.25) is 0 Å². The molecule has 8 nitrogen and oxygen atoms in total. The first-order valence-electron chi connectivity index (χ1n) is 12.3. The predicted octanol–water partition coefficient (Wildman–Crippen LogP) is 3.54. The first kappa shape index (κ1) is 24.3. The van der Waals surface area contributed by atoms with Crippen LogP contribution in [0.3, 0.4) is 0 Å². The predicted molar refractivity (Wildman–Crippen MR) is 132 cm³/mol. The number of hydrogen-bond acceptors (Lipinski definition) is 9. The van der Waals surface area contributed by atoms with Gasteiger partial charge in [0.25, 0.3) is 0 Å².